The summed E-state index contributed by atoms with van der Waals surface area (Å²) in [4.78, 5) is 2.39. The fraction of sp³-hybridized carbons (Fsp3) is 0.0345. The zero-order valence-corrected chi connectivity index (χ0v) is 34.5. The molecule has 11 rings (SSSR count). The van der Waals surface area contributed by atoms with Crippen molar-refractivity contribution in [2.24, 2.45) is 0 Å². The molecule has 2 aromatic heterocycles. The van der Waals surface area contributed by atoms with Gasteiger partial charge in [0.2, 0.25) is 0 Å². The lowest BCUT2D eigenvalue weighted by Crippen LogP contribution is -2.18. The Morgan fingerprint density at radius 1 is 0.516 bits per heavy atom. The number of para-hydroxylation sites is 3. The maximum atomic E-state index is 7.52. The van der Waals surface area contributed by atoms with Gasteiger partial charge < -0.3 is 15.2 Å². The Balaban J connectivity index is 1.16. The van der Waals surface area contributed by atoms with Crippen LogP contribution in [0.1, 0.15) is 23.6 Å². The SMILES string of the molecule is C=Cc1c(/C=C\C)c2ccc(-c3ccc(-n4c5ccccc5c5ccc6c(c(N(Cc7ccccc7)c7ccccc7)c(N)n6-c6ccccc6)c54)cc3)cc2c2ccccc12. The van der Waals surface area contributed by atoms with Gasteiger partial charge in [0, 0.05) is 34.4 Å². The smallest absolute Gasteiger partial charge is 0.133 e. The van der Waals surface area contributed by atoms with Crippen molar-refractivity contribution < 1.29 is 0 Å². The predicted octanol–water partition coefficient (Wildman–Crippen LogP) is 15.3. The molecule has 0 saturated carbocycles. The highest BCUT2D eigenvalue weighted by molar-refractivity contribution is 6.24. The molecule has 11 aromatic rings. The third-order valence-electron chi connectivity index (χ3n) is 12.4. The molecule has 0 fully saturated rings. The normalized spacial score (nSPS) is 11.8. The second kappa shape index (κ2) is 15.2. The van der Waals surface area contributed by atoms with E-state index in [9.17, 15) is 0 Å². The van der Waals surface area contributed by atoms with Crippen LogP contribution in [0.15, 0.2) is 207 Å². The van der Waals surface area contributed by atoms with Crippen molar-refractivity contribution in [1.29, 1.82) is 0 Å². The molecule has 2 heterocycles. The van der Waals surface area contributed by atoms with Crippen molar-refractivity contribution in [1.82, 2.24) is 9.13 Å². The van der Waals surface area contributed by atoms with Gasteiger partial charge in [0.1, 0.15) is 5.82 Å². The second-order valence-electron chi connectivity index (χ2n) is 15.9. The Hall–Kier alpha value is -8.08. The Bertz CT molecular complexity index is 3500. The number of nitrogens with two attached hydrogens (primary N) is 1. The van der Waals surface area contributed by atoms with E-state index in [0.29, 0.717) is 12.4 Å². The predicted molar refractivity (Wildman–Crippen MR) is 266 cm³/mol. The lowest BCUT2D eigenvalue weighted by Gasteiger charge is -2.26. The lowest BCUT2D eigenvalue weighted by molar-refractivity contribution is 0.977. The van der Waals surface area contributed by atoms with Gasteiger partial charge in [-0.05, 0) is 111 Å². The van der Waals surface area contributed by atoms with Crippen molar-refractivity contribution in [2.45, 2.75) is 13.5 Å². The quantitative estimate of drug-likeness (QED) is 0.148. The zero-order chi connectivity index (χ0) is 41.7. The van der Waals surface area contributed by atoms with Gasteiger partial charge >= 0.3 is 0 Å². The minimum Gasteiger partial charge on any atom is -0.383 e. The summed E-state index contributed by atoms with van der Waals surface area (Å²) in [6.07, 6.45) is 6.31. The van der Waals surface area contributed by atoms with Crippen LogP contribution >= 0.6 is 0 Å². The van der Waals surface area contributed by atoms with Gasteiger partial charge in [0.05, 0.1) is 27.6 Å². The first-order valence-electron chi connectivity index (χ1n) is 21.3. The first-order chi connectivity index (χ1) is 30.6. The summed E-state index contributed by atoms with van der Waals surface area (Å²) in [5.41, 5.74) is 20.9. The summed E-state index contributed by atoms with van der Waals surface area (Å²) in [6, 6.07) is 69.7. The minimum absolute atomic E-state index is 0.639. The summed E-state index contributed by atoms with van der Waals surface area (Å²) in [5.74, 6) is 0.687. The molecule has 0 bridgehead atoms. The first kappa shape index (κ1) is 37.0. The van der Waals surface area contributed by atoms with Crippen LogP contribution in [0.4, 0.5) is 17.2 Å². The second-order valence-corrected chi connectivity index (χ2v) is 15.9. The van der Waals surface area contributed by atoms with Crippen molar-refractivity contribution in [2.75, 3.05) is 10.6 Å². The van der Waals surface area contributed by atoms with Crippen LogP contribution in [0, 0.1) is 0 Å². The van der Waals surface area contributed by atoms with Crippen LogP contribution in [-0.4, -0.2) is 9.13 Å². The van der Waals surface area contributed by atoms with Crippen LogP contribution in [0.2, 0.25) is 0 Å². The average Bonchev–Trinajstić information content (AvgIpc) is 3.83. The molecule has 0 aliphatic rings. The molecule has 4 nitrogen and oxygen atoms in total. The van der Waals surface area contributed by atoms with Gasteiger partial charge in [-0.25, -0.2) is 0 Å². The fourth-order valence-corrected chi connectivity index (χ4v) is 9.69. The fourth-order valence-electron chi connectivity index (χ4n) is 9.69. The van der Waals surface area contributed by atoms with Crippen LogP contribution in [0.3, 0.4) is 0 Å². The van der Waals surface area contributed by atoms with E-state index in [1.165, 1.54) is 54.6 Å². The highest BCUT2D eigenvalue weighted by atomic mass is 15.2. The summed E-state index contributed by atoms with van der Waals surface area (Å²) < 4.78 is 4.66. The largest absolute Gasteiger partial charge is 0.383 e. The standard InChI is InChI=1S/C58H44N4/c1-3-18-46-45(4-2)47-25-14-15-26-48(47)52-37-41(31-34-49(46)52)40-29-32-44(33-30-40)61-53-28-17-16-27-50(53)51-35-36-54-55(56(51)61)57(58(59)62(54)43-23-12-7-13-24-43)60(42-21-10-6-11-22-42)38-39-19-8-5-9-20-39/h3-37H,2,38,59H2,1H3/b18-3-. The van der Waals surface area contributed by atoms with Crippen LogP contribution < -0.4 is 10.6 Å². The third kappa shape index (κ3) is 5.91. The number of nitrogen functional groups attached to an aromatic ring is 1. The molecule has 0 aliphatic carbocycles. The van der Waals surface area contributed by atoms with Crippen molar-refractivity contribution >= 4 is 83.6 Å². The van der Waals surface area contributed by atoms with Gasteiger partial charge in [-0.1, -0.05) is 164 Å². The first-order valence-corrected chi connectivity index (χ1v) is 21.3. The molecule has 0 unspecified atom stereocenters. The van der Waals surface area contributed by atoms with Crippen LogP contribution in [-0.2, 0) is 6.54 Å². The molecule has 0 amide bonds. The van der Waals surface area contributed by atoms with E-state index in [1.54, 1.807) is 0 Å². The molecular formula is C58H44N4. The highest BCUT2D eigenvalue weighted by Gasteiger charge is 2.27. The van der Waals surface area contributed by atoms with E-state index in [4.69, 9.17) is 5.73 Å². The van der Waals surface area contributed by atoms with E-state index in [0.717, 1.165) is 50.2 Å². The summed E-state index contributed by atoms with van der Waals surface area (Å²) >= 11 is 0. The lowest BCUT2D eigenvalue weighted by atomic mass is 9.89. The Morgan fingerprint density at radius 2 is 1.11 bits per heavy atom. The van der Waals surface area contributed by atoms with Crippen LogP contribution in [0.25, 0.3) is 88.9 Å². The topological polar surface area (TPSA) is 39.1 Å². The number of hydrogen-bond acceptors (Lipinski definition) is 2. The summed E-state index contributed by atoms with van der Waals surface area (Å²) in [7, 11) is 0. The maximum Gasteiger partial charge on any atom is 0.133 e. The van der Waals surface area contributed by atoms with Crippen molar-refractivity contribution in [3.63, 3.8) is 0 Å². The molecule has 0 radical (unpaired) electrons. The number of anilines is 3. The van der Waals surface area contributed by atoms with Gasteiger partial charge in [0.15, 0.2) is 0 Å². The number of benzene rings is 9. The number of hydrogen-bond donors (Lipinski definition) is 1. The minimum atomic E-state index is 0.639. The molecule has 0 spiro atoms. The Labute approximate surface area is 361 Å². The van der Waals surface area contributed by atoms with Crippen LogP contribution in [0.5, 0.6) is 0 Å². The molecule has 2 N–H and O–H groups in total. The summed E-state index contributed by atoms with van der Waals surface area (Å²) in [6.45, 7) is 6.91. The highest BCUT2D eigenvalue weighted by Crippen LogP contribution is 2.48. The maximum absolute atomic E-state index is 7.52. The molecule has 62 heavy (non-hydrogen) atoms. The monoisotopic (exact) mass is 796 g/mol. The van der Waals surface area contributed by atoms with Gasteiger partial charge in [0.25, 0.3) is 0 Å². The van der Waals surface area contributed by atoms with E-state index in [2.05, 4.69) is 234 Å². The van der Waals surface area contributed by atoms with Gasteiger partial charge in [-0.3, -0.25) is 4.57 Å². The van der Waals surface area contributed by atoms with Gasteiger partial charge in [-0.2, -0.15) is 0 Å². The Kier molecular flexibility index (Phi) is 9.05. The van der Waals surface area contributed by atoms with Gasteiger partial charge in [-0.15, -0.1) is 0 Å². The van der Waals surface area contributed by atoms with E-state index in [-0.39, 0.29) is 0 Å². The average molecular weight is 797 g/mol. The summed E-state index contributed by atoms with van der Waals surface area (Å²) in [5, 5.41) is 8.36. The van der Waals surface area contributed by atoms with E-state index < -0.39 is 0 Å². The van der Waals surface area contributed by atoms with Crippen molar-refractivity contribution in [3.8, 4) is 22.5 Å². The Morgan fingerprint density at radius 3 is 1.84 bits per heavy atom. The molecule has 0 aliphatic heterocycles. The number of rotatable bonds is 9. The number of allylic oxidation sites excluding steroid dienone is 1. The molecule has 4 heteroatoms. The third-order valence-corrected chi connectivity index (χ3v) is 12.4. The van der Waals surface area contributed by atoms with E-state index in [1.807, 2.05) is 6.08 Å². The molecule has 296 valence electrons. The number of nitrogens with zero attached hydrogens (tertiary/aromatic N) is 3. The zero-order valence-electron chi connectivity index (χ0n) is 34.5. The number of aromatic nitrogens is 2. The molecule has 0 atom stereocenters. The number of fused-ring (bicyclic) bond motifs is 8. The molecule has 0 saturated heterocycles. The molecular weight excluding hydrogens is 753 g/mol. The van der Waals surface area contributed by atoms with Crippen molar-refractivity contribution in [3.05, 3.63) is 223 Å². The molecule has 9 aromatic carbocycles. The van der Waals surface area contributed by atoms with E-state index >= 15 is 0 Å².